The Morgan fingerprint density at radius 2 is 1.35 bits per heavy atom. The molecule has 11 nitrogen and oxygen atoms in total. The van der Waals surface area contributed by atoms with E-state index in [4.69, 9.17) is 27.2 Å². The summed E-state index contributed by atoms with van der Waals surface area (Å²) in [5.74, 6) is -1.39. The SMILES string of the molecule is C=C1c2cc3c(cc2C(=O)N1OP1OCC2(COP(OC)OC2)CO1)C(=O)N(C)C3=O. The molecule has 0 aliphatic carbocycles. The van der Waals surface area contributed by atoms with E-state index >= 15 is 0 Å². The molecule has 13 heteroatoms. The Balaban J connectivity index is 1.27. The van der Waals surface area contributed by atoms with Gasteiger partial charge in [0.25, 0.3) is 17.7 Å². The van der Waals surface area contributed by atoms with Crippen LogP contribution >= 0.6 is 17.2 Å². The van der Waals surface area contributed by atoms with E-state index in [1.807, 2.05) is 0 Å². The molecule has 0 radical (unpaired) electrons. The molecule has 4 heterocycles. The van der Waals surface area contributed by atoms with Crippen molar-refractivity contribution in [3.63, 3.8) is 0 Å². The molecule has 5 rings (SSSR count). The Labute approximate surface area is 179 Å². The van der Waals surface area contributed by atoms with Crippen LogP contribution in [0.1, 0.15) is 36.6 Å². The van der Waals surface area contributed by atoms with Crippen LogP contribution in [0.4, 0.5) is 0 Å². The number of hydroxylamine groups is 2. The van der Waals surface area contributed by atoms with Gasteiger partial charge in [-0.2, -0.15) is 9.69 Å². The normalized spacial score (nSPS) is 30.4. The highest BCUT2D eigenvalue weighted by Crippen LogP contribution is 2.54. The minimum atomic E-state index is -1.87. The first-order valence-electron chi connectivity index (χ1n) is 9.22. The van der Waals surface area contributed by atoms with Crippen molar-refractivity contribution in [2.24, 2.45) is 5.41 Å². The van der Waals surface area contributed by atoms with Crippen LogP contribution in [0.15, 0.2) is 18.7 Å². The molecule has 0 aromatic heterocycles. The molecule has 31 heavy (non-hydrogen) atoms. The van der Waals surface area contributed by atoms with Crippen molar-refractivity contribution in [3.8, 4) is 0 Å². The summed E-state index contributed by atoms with van der Waals surface area (Å²) in [5, 5.41) is 0.986. The van der Waals surface area contributed by atoms with E-state index < -0.39 is 40.3 Å². The molecule has 1 aromatic carbocycles. The Morgan fingerprint density at radius 1 is 0.871 bits per heavy atom. The molecule has 3 amide bonds. The first-order chi connectivity index (χ1) is 14.8. The Kier molecular flexibility index (Phi) is 5.20. The summed E-state index contributed by atoms with van der Waals surface area (Å²) in [5.41, 5.74) is 0.829. The Morgan fingerprint density at radius 3 is 1.90 bits per heavy atom. The fraction of sp³-hybridized carbons (Fsp3) is 0.389. The van der Waals surface area contributed by atoms with Gasteiger partial charge in [0.2, 0.25) is 0 Å². The second kappa shape index (κ2) is 7.65. The number of carbonyl (C=O) groups excluding carboxylic acids is 3. The van der Waals surface area contributed by atoms with Crippen LogP contribution in [0.2, 0.25) is 0 Å². The largest absolute Gasteiger partial charge is 0.356 e. The number of amides is 3. The molecule has 2 saturated heterocycles. The van der Waals surface area contributed by atoms with Gasteiger partial charge in [0, 0.05) is 19.7 Å². The average molecular weight is 468 g/mol. The first kappa shape index (κ1) is 21.1. The number of fused-ring (bicyclic) bond motifs is 2. The first-order valence-corrected chi connectivity index (χ1v) is 11.4. The summed E-state index contributed by atoms with van der Waals surface area (Å²) >= 11 is 0. The number of rotatable bonds is 3. The zero-order chi connectivity index (χ0) is 21.9. The standard InChI is InChI=1S/C18H18N2O9P2/c1-10-11-4-13-14(16(22)19(2)15(13)21)5-12(11)17(23)20(10)29-31-27-8-18(9-28-31)6-25-30(24-3)26-7-18/h4-5H,1,6-9H2,2-3H3. The Hall–Kier alpha value is -1.81. The number of nitrogens with zero attached hydrogens (tertiary/aromatic N) is 2. The predicted octanol–water partition coefficient (Wildman–Crippen LogP) is 2.45. The van der Waals surface area contributed by atoms with Crippen LogP contribution < -0.4 is 0 Å². The molecule has 0 bridgehead atoms. The van der Waals surface area contributed by atoms with Crippen molar-refractivity contribution < 1.29 is 41.6 Å². The van der Waals surface area contributed by atoms with Crippen LogP contribution in [-0.4, -0.2) is 68.3 Å². The van der Waals surface area contributed by atoms with Gasteiger partial charge in [-0.1, -0.05) is 6.58 Å². The lowest BCUT2D eigenvalue weighted by Crippen LogP contribution is -2.45. The number of carbonyl (C=O) groups is 3. The van der Waals surface area contributed by atoms with Crippen LogP contribution in [0.5, 0.6) is 0 Å². The summed E-state index contributed by atoms with van der Waals surface area (Å²) < 4.78 is 33.2. The number of hydrogen-bond donors (Lipinski definition) is 0. The van der Waals surface area contributed by atoms with Crippen LogP contribution in [-0.2, 0) is 27.2 Å². The summed E-state index contributed by atoms with van der Waals surface area (Å²) in [7, 11) is -0.302. The van der Waals surface area contributed by atoms with Gasteiger partial charge in [0.15, 0.2) is 0 Å². The molecule has 1 aromatic rings. The predicted molar refractivity (Wildman–Crippen MR) is 106 cm³/mol. The van der Waals surface area contributed by atoms with Gasteiger partial charge in [0.1, 0.15) is 0 Å². The van der Waals surface area contributed by atoms with Crippen LogP contribution in [0.3, 0.4) is 0 Å². The fourth-order valence-electron chi connectivity index (χ4n) is 3.55. The monoisotopic (exact) mass is 468 g/mol. The van der Waals surface area contributed by atoms with E-state index in [0.717, 1.165) is 9.96 Å². The third-order valence-electron chi connectivity index (χ3n) is 5.40. The van der Waals surface area contributed by atoms with Gasteiger partial charge in [-0.05, 0) is 12.1 Å². The topological polar surface area (TPSA) is 113 Å². The van der Waals surface area contributed by atoms with E-state index in [9.17, 15) is 14.4 Å². The third-order valence-corrected chi connectivity index (χ3v) is 7.36. The molecule has 2 fully saturated rings. The van der Waals surface area contributed by atoms with Gasteiger partial charge < -0.3 is 22.6 Å². The highest BCUT2D eigenvalue weighted by Gasteiger charge is 2.46. The van der Waals surface area contributed by atoms with Crippen LogP contribution in [0.25, 0.3) is 5.70 Å². The maximum atomic E-state index is 12.9. The molecule has 0 atom stereocenters. The third kappa shape index (κ3) is 3.33. The molecule has 1 spiro atoms. The zero-order valence-electron chi connectivity index (χ0n) is 16.7. The van der Waals surface area contributed by atoms with E-state index in [-0.39, 0.29) is 35.6 Å². The summed E-state index contributed by atoms with van der Waals surface area (Å²) in [6, 6.07) is 2.90. The summed E-state index contributed by atoms with van der Waals surface area (Å²) in [6.45, 7) is 5.14. The minimum absolute atomic E-state index is 0.181. The molecule has 0 saturated carbocycles. The molecule has 164 valence electrons. The highest BCUT2D eigenvalue weighted by molar-refractivity contribution is 7.42. The average Bonchev–Trinajstić information content (AvgIpc) is 3.15. The summed E-state index contributed by atoms with van der Waals surface area (Å²) in [4.78, 5) is 38.4. The van der Waals surface area contributed by atoms with Gasteiger partial charge in [-0.25, -0.2) is 0 Å². The van der Waals surface area contributed by atoms with Crippen molar-refractivity contribution in [1.29, 1.82) is 0 Å². The van der Waals surface area contributed by atoms with Crippen molar-refractivity contribution in [2.75, 3.05) is 40.6 Å². The van der Waals surface area contributed by atoms with E-state index in [0.29, 0.717) is 18.8 Å². The number of benzene rings is 1. The number of imide groups is 1. The van der Waals surface area contributed by atoms with Crippen molar-refractivity contribution in [1.82, 2.24) is 9.96 Å². The van der Waals surface area contributed by atoms with E-state index in [1.54, 1.807) is 0 Å². The van der Waals surface area contributed by atoms with Gasteiger partial charge in [-0.3, -0.25) is 19.3 Å². The second-order valence-corrected chi connectivity index (χ2v) is 9.92. The lowest BCUT2D eigenvalue weighted by Gasteiger charge is -2.41. The Bertz CT molecular complexity index is 943. The lowest BCUT2D eigenvalue weighted by molar-refractivity contribution is -0.0908. The van der Waals surface area contributed by atoms with E-state index in [1.165, 1.54) is 26.3 Å². The van der Waals surface area contributed by atoms with E-state index in [2.05, 4.69) is 6.58 Å². The second-order valence-electron chi connectivity index (χ2n) is 7.46. The van der Waals surface area contributed by atoms with Crippen molar-refractivity contribution in [2.45, 2.75) is 0 Å². The van der Waals surface area contributed by atoms with Gasteiger partial charge in [0.05, 0.1) is 54.2 Å². The smallest absolute Gasteiger partial charge is 0.316 e. The lowest BCUT2D eigenvalue weighted by atomic mass is 9.93. The molecular formula is C18H18N2O9P2. The zero-order valence-corrected chi connectivity index (χ0v) is 18.4. The van der Waals surface area contributed by atoms with Crippen molar-refractivity contribution in [3.05, 3.63) is 41.0 Å². The number of hydrogen-bond acceptors (Lipinski definition) is 9. The maximum Gasteiger partial charge on any atom is 0.356 e. The molecule has 4 aliphatic heterocycles. The highest BCUT2D eigenvalue weighted by atomic mass is 31.2. The quantitative estimate of drug-likeness (QED) is 0.488. The minimum Gasteiger partial charge on any atom is -0.316 e. The van der Waals surface area contributed by atoms with Crippen LogP contribution in [0, 0.1) is 5.41 Å². The molecule has 0 unspecified atom stereocenters. The molecule has 0 N–H and O–H groups in total. The maximum absolute atomic E-state index is 12.9. The molecule has 4 aliphatic rings. The van der Waals surface area contributed by atoms with Crippen molar-refractivity contribution >= 4 is 40.6 Å². The summed E-state index contributed by atoms with van der Waals surface area (Å²) in [6.07, 6.45) is 0. The fourth-order valence-corrected chi connectivity index (χ4v) is 5.83. The molecular weight excluding hydrogens is 450 g/mol. The van der Waals surface area contributed by atoms with Gasteiger partial charge in [-0.15, -0.1) is 0 Å². The van der Waals surface area contributed by atoms with Gasteiger partial charge >= 0.3 is 17.2 Å².